The summed E-state index contributed by atoms with van der Waals surface area (Å²) in [7, 11) is -16.4. The molecule has 1 fully saturated rings. The Bertz CT molecular complexity index is 1810. The van der Waals surface area contributed by atoms with Crippen LogP contribution in [0.4, 0.5) is 5.82 Å². The predicted octanol–water partition coefficient (Wildman–Crippen LogP) is -1.80. The van der Waals surface area contributed by atoms with E-state index in [1.807, 2.05) is 0 Å². The molecule has 0 bridgehead atoms. The zero-order chi connectivity index (χ0) is 40.6. The number of hydrogen-bond donors (Lipinski definition) is 10. The molecule has 8 unspecified atom stereocenters. The molecule has 1 aliphatic rings. The summed E-state index contributed by atoms with van der Waals surface area (Å²) >= 11 is 4.82. The van der Waals surface area contributed by atoms with E-state index < -0.39 is 90.6 Å². The molecule has 2 aromatic heterocycles. The molecule has 1 amide bonds. The van der Waals surface area contributed by atoms with Crippen LogP contribution >= 0.6 is 47.9 Å². The molecular weight excluding hydrogens is 1040 g/mol. The number of phosphoric acid groups is 3. The van der Waals surface area contributed by atoms with Crippen molar-refractivity contribution in [2.45, 2.75) is 64.4 Å². The first kappa shape index (κ1) is 52.8. The number of fused-ring (bicyclic) bond motifs is 1. The van der Waals surface area contributed by atoms with E-state index in [4.69, 9.17) is 25.3 Å². The molecule has 11 N–H and O–H groups in total. The van der Waals surface area contributed by atoms with Crippen molar-refractivity contribution in [3.63, 3.8) is 0 Å². The number of aliphatic hydroxyl groups is 2. The summed E-state index contributed by atoms with van der Waals surface area (Å²) in [6.45, 7) is 0.194. The van der Waals surface area contributed by atoms with Gasteiger partial charge in [-0.2, -0.15) is 16.9 Å². The fourth-order valence-corrected chi connectivity index (χ4v) is 8.22. The Morgan fingerprint density at radius 1 is 1.18 bits per heavy atom. The second-order valence-electron chi connectivity index (χ2n) is 12.0. The third-order valence-electron chi connectivity index (χ3n) is 7.19. The first-order valence-corrected chi connectivity index (χ1v) is 21.5. The van der Waals surface area contributed by atoms with E-state index in [-0.39, 0.29) is 88.2 Å². The van der Waals surface area contributed by atoms with Crippen molar-refractivity contribution in [2.75, 3.05) is 43.5 Å². The molecule has 31 heteroatoms. The Morgan fingerprint density at radius 3 is 2.45 bits per heavy atom. The number of thioether (sulfide) groups is 1. The summed E-state index contributed by atoms with van der Waals surface area (Å²) < 4.78 is 61.9. The standard InChI is InChI=1S/C24H41N8O17P3S2.CH4.Hg/c1-24(2,18(35)21(36)28-4-3-14(33)27-5-6-54-23(37)12(25)8-53)9-46-52(43,44)49-51(41,42)45-7-13-17(48-50(38,39)40)16(34)22(47-13)32-11-31-15-19(26)29-10-30-20(15)32;;/h10-13,16-18,22,34-35,53H,3-9,25H2,1-2H3,(H,27,33)(H,28,36)(H,41,42)(H,43,44)(H2,26,29,30)(H2,38,39,40);1H4;/q;;+1/p-1. The molecule has 8 atom stereocenters. The average Bonchev–Trinajstić information content (AvgIpc) is 3.64. The van der Waals surface area contributed by atoms with Crippen molar-refractivity contribution < 1.29 is 108 Å². The number of imidazole rings is 1. The van der Waals surface area contributed by atoms with E-state index in [9.17, 15) is 58.2 Å². The third kappa shape index (κ3) is 15.8. The number of amides is 1. The molecule has 1 saturated heterocycles. The van der Waals surface area contributed by atoms with Crippen LogP contribution in [0, 0.1) is 5.41 Å². The number of rotatable bonds is 21. The van der Waals surface area contributed by atoms with Crippen LogP contribution in [0.3, 0.4) is 0 Å². The van der Waals surface area contributed by atoms with Gasteiger partial charge in [0.05, 0.1) is 25.6 Å². The fourth-order valence-electron chi connectivity index (χ4n) is 4.42. The van der Waals surface area contributed by atoms with Crippen molar-refractivity contribution in [2.24, 2.45) is 16.1 Å². The van der Waals surface area contributed by atoms with Gasteiger partial charge in [0.2, 0.25) is 11.0 Å². The van der Waals surface area contributed by atoms with Crippen LogP contribution in [0.5, 0.6) is 0 Å². The minimum atomic E-state index is -5.57. The first-order valence-electron chi connectivity index (χ1n) is 15.3. The number of thiol groups is 1. The van der Waals surface area contributed by atoms with E-state index >= 15 is 0 Å². The van der Waals surface area contributed by atoms with Gasteiger partial charge in [0.25, 0.3) is 0 Å². The molecular formula is C25H44HgN8O17P3S2. The van der Waals surface area contributed by atoms with Crippen molar-refractivity contribution in [1.29, 1.82) is 0 Å². The van der Waals surface area contributed by atoms with Crippen LogP contribution in [-0.4, -0.2) is 134 Å². The van der Waals surface area contributed by atoms with E-state index in [1.165, 1.54) is 13.8 Å². The molecule has 3 rings (SSSR count). The maximum Gasteiger partial charge on any atom is 1.00 e. The number of nitrogen functional groups attached to an aromatic ring is 1. The normalized spacial score (nSPS) is 22.3. The maximum absolute atomic E-state index is 12.6. The van der Waals surface area contributed by atoms with Gasteiger partial charge in [-0.05, 0) is 12.3 Å². The molecule has 3 heterocycles. The van der Waals surface area contributed by atoms with Crippen LogP contribution in [0.1, 0.15) is 33.9 Å². The van der Waals surface area contributed by atoms with Crippen molar-refractivity contribution in [3.8, 4) is 0 Å². The smallest absolute Gasteiger partial charge is 0.862 e. The Kier molecular flexibility index (Phi) is 21.1. The van der Waals surface area contributed by atoms with Gasteiger partial charge in [-0.3, -0.25) is 27.7 Å². The Balaban J connectivity index is 0.00000784. The number of aliphatic hydroxyl groups excluding tert-OH is 2. The topological polar surface area (TPSA) is 396 Å². The molecule has 0 saturated carbocycles. The molecule has 0 aromatic carbocycles. The number of anilines is 1. The molecule has 0 spiro atoms. The van der Waals surface area contributed by atoms with Crippen LogP contribution < -0.4 is 21.9 Å². The number of hydrogen-bond acceptors (Lipinski definition) is 21. The zero-order valence-electron chi connectivity index (χ0n) is 29.0. The number of nitrogens with two attached hydrogens (primary N) is 2. The quantitative estimate of drug-likeness (QED) is 0.0165. The summed E-state index contributed by atoms with van der Waals surface area (Å²) in [5.74, 6) is -1.28. The second kappa shape index (κ2) is 22.4. The van der Waals surface area contributed by atoms with Crippen molar-refractivity contribution >= 4 is 81.8 Å². The number of nitrogens with zero attached hydrogens (tertiary/aromatic N) is 5. The third-order valence-corrected chi connectivity index (χ3v) is 11.7. The van der Waals surface area contributed by atoms with Gasteiger partial charge in [-0.1, -0.05) is 33.0 Å². The summed E-state index contributed by atoms with van der Waals surface area (Å²) in [6.07, 6.45) is -7.05. The minimum absolute atomic E-state index is 0. The first-order chi connectivity index (χ1) is 25.0. The number of aromatic nitrogens is 4. The summed E-state index contributed by atoms with van der Waals surface area (Å²) in [5.41, 5.74) is 9.77. The van der Waals surface area contributed by atoms with Crippen LogP contribution in [-0.2, 0) is 73.6 Å². The van der Waals surface area contributed by atoms with Crippen LogP contribution in [0.25, 0.3) is 11.2 Å². The van der Waals surface area contributed by atoms with Gasteiger partial charge in [-0.25, -0.2) is 28.6 Å². The van der Waals surface area contributed by atoms with E-state index in [0.717, 1.165) is 29.0 Å². The number of ether oxygens (including phenoxy) is 1. The number of carbonyl (C=O) groups excluding carboxylic acids is 2. The number of carbonyl (C=O) groups is 2. The summed E-state index contributed by atoms with van der Waals surface area (Å²) in [6, 6.07) is -0.744. The number of nitrogens with one attached hydrogen (secondary N) is 1. The predicted molar refractivity (Wildman–Crippen MR) is 195 cm³/mol. The van der Waals surface area contributed by atoms with Gasteiger partial charge < -0.3 is 61.4 Å². The van der Waals surface area contributed by atoms with Gasteiger partial charge in [0.1, 0.15) is 36.3 Å². The van der Waals surface area contributed by atoms with E-state index in [2.05, 4.69) is 46.7 Å². The largest absolute Gasteiger partial charge is 1.00 e. The molecule has 25 nitrogen and oxygen atoms in total. The van der Waals surface area contributed by atoms with Gasteiger partial charge >= 0.3 is 51.1 Å². The Hall–Kier alpha value is -1.19. The van der Waals surface area contributed by atoms with E-state index in [0.29, 0.717) is 0 Å². The molecule has 0 aliphatic carbocycles. The summed E-state index contributed by atoms with van der Waals surface area (Å²) in [5, 5.41) is 35.3. The van der Waals surface area contributed by atoms with Crippen LogP contribution in [0.2, 0.25) is 0 Å². The number of phosphoric ester groups is 3. The van der Waals surface area contributed by atoms with Crippen molar-refractivity contribution in [3.05, 3.63) is 12.7 Å². The molecule has 2 aromatic rings. The summed E-state index contributed by atoms with van der Waals surface area (Å²) in [4.78, 5) is 78.7. The zero-order valence-corrected chi connectivity index (χ0v) is 38.9. The maximum atomic E-state index is 12.6. The van der Waals surface area contributed by atoms with Gasteiger partial charge in [0.15, 0.2) is 17.7 Å². The molecule has 1 radical (unpaired) electrons. The molecule has 1 aliphatic heterocycles. The molecule has 315 valence electrons. The van der Waals surface area contributed by atoms with Crippen LogP contribution in [0.15, 0.2) is 17.6 Å². The SMILES string of the molecule is C.CC(C)(COP(=O)(O)OP(=O)(O)OCC1OC(n2cnc3c(N)ncnc32)C(O)C1OP(=O)(O)O)C(O)C(=O)NCCC([O-])=NCCSC(=O)C(N)CS.[Hg+]. The minimum Gasteiger partial charge on any atom is -0.862 e. The van der Waals surface area contributed by atoms with Crippen molar-refractivity contribution in [1.82, 2.24) is 24.8 Å². The average molecular weight is 1090 g/mol. The molecule has 56 heavy (non-hydrogen) atoms. The van der Waals surface area contributed by atoms with E-state index in [1.54, 1.807) is 0 Å². The second-order valence-corrected chi connectivity index (χ2v) is 17.7. The Morgan fingerprint density at radius 2 is 1.82 bits per heavy atom. The fraction of sp³-hybridized carbons (Fsp3) is 0.680. The monoisotopic (exact) mass is 1090 g/mol. The van der Waals surface area contributed by atoms with Gasteiger partial charge in [0, 0.05) is 30.0 Å². The Labute approximate surface area is 350 Å². The number of aliphatic imine (C=N–C) groups is 1. The van der Waals surface area contributed by atoms with Gasteiger partial charge in [-0.15, -0.1) is 0 Å².